The summed E-state index contributed by atoms with van der Waals surface area (Å²) in [7, 11) is 0. The Hall–Kier alpha value is -7.70. The summed E-state index contributed by atoms with van der Waals surface area (Å²) in [5.41, 5.74) is 8.90. The number of rotatable bonds is 3. The molecule has 3 heterocycles. The highest BCUT2D eigenvalue weighted by atomic mass is 15.0. The van der Waals surface area contributed by atoms with Gasteiger partial charge in [-0.2, -0.15) is 26.3 Å². The summed E-state index contributed by atoms with van der Waals surface area (Å²) >= 11 is 0. The van der Waals surface area contributed by atoms with Gasteiger partial charge in [0.05, 0.1) is 97.8 Å². The van der Waals surface area contributed by atoms with Gasteiger partial charge in [0.15, 0.2) is 0 Å². The van der Waals surface area contributed by atoms with E-state index in [1.54, 1.807) is 42.7 Å². The van der Waals surface area contributed by atoms with Crippen LogP contribution in [0.2, 0.25) is 0 Å². The smallest absolute Gasteiger partial charge is 0.0991 e. The van der Waals surface area contributed by atoms with Gasteiger partial charge in [-0.1, -0.05) is 0 Å². The molecule has 8 aromatic rings. The largest absolute Gasteiger partial charge is 0.309 e. The number of hydrogen-bond donors (Lipinski definition) is 0. The van der Waals surface area contributed by atoms with Gasteiger partial charge in [0, 0.05) is 38.9 Å². The van der Waals surface area contributed by atoms with Gasteiger partial charge in [0.2, 0.25) is 0 Å². The summed E-state index contributed by atoms with van der Waals surface area (Å²) < 4.78 is 4.17. The molecule has 0 aliphatic carbocycles. The lowest BCUT2D eigenvalue weighted by atomic mass is 10.00. The zero-order chi connectivity index (χ0) is 32.9. The summed E-state index contributed by atoms with van der Waals surface area (Å²) in [6.07, 6.45) is 3.49. The average molecular weight is 611 g/mol. The zero-order valence-electron chi connectivity index (χ0n) is 25.0. The predicted octanol–water partition coefficient (Wildman–Crippen LogP) is 8.30. The van der Waals surface area contributed by atoms with E-state index in [0.717, 1.165) is 66.1 Å². The minimum atomic E-state index is 0.468. The van der Waals surface area contributed by atoms with E-state index in [-0.39, 0.29) is 0 Å². The molecule has 0 amide bonds. The molecular formula is C40H18N8. The number of nitrogens with zero attached hydrogens (tertiary/aromatic N) is 8. The first-order valence-electron chi connectivity index (χ1n) is 14.8. The lowest BCUT2D eigenvalue weighted by Gasteiger charge is -2.18. The SMILES string of the molecule is N#Cc1ccc(-n2c3ccc(C#N)cc3c3cc(C#N)ccc32)c(-c2ccncc2-n2c3ccc(C#N)cc3c3cc(C#N)ccc32)c1. The van der Waals surface area contributed by atoms with Gasteiger partial charge in [-0.3, -0.25) is 4.98 Å². The Labute approximate surface area is 273 Å². The second-order valence-electron chi connectivity index (χ2n) is 11.3. The third-order valence-corrected chi connectivity index (χ3v) is 8.74. The van der Waals surface area contributed by atoms with Crippen LogP contribution in [-0.2, 0) is 0 Å². The molecule has 8 nitrogen and oxygen atoms in total. The first-order valence-corrected chi connectivity index (χ1v) is 14.8. The molecule has 218 valence electrons. The summed E-state index contributed by atoms with van der Waals surface area (Å²) in [4.78, 5) is 4.52. The first-order chi connectivity index (χ1) is 23.6. The fourth-order valence-corrected chi connectivity index (χ4v) is 6.65. The highest BCUT2D eigenvalue weighted by Crippen LogP contribution is 2.41. The number of hydrogen-bond acceptors (Lipinski definition) is 6. The molecule has 3 aromatic heterocycles. The van der Waals surface area contributed by atoms with Crippen LogP contribution in [0, 0.1) is 56.7 Å². The van der Waals surface area contributed by atoms with Gasteiger partial charge in [-0.05, 0) is 97.1 Å². The molecule has 48 heavy (non-hydrogen) atoms. The van der Waals surface area contributed by atoms with Crippen molar-refractivity contribution in [3.8, 4) is 52.8 Å². The monoisotopic (exact) mass is 610 g/mol. The molecule has 0 bridgehead atoms. The van der Waals surface area contributed by atoms with E-state index in [4.69, 9.17) is 0 Å². The van der Waals surface area contributed by atoms with Crippen molar-refractivity contribution in [3.05, 3.63) is 137 Å². The number of aromatic nitrogens is 3. The molecule has 0 saturated carbocycles. The molecule has 0 aliphatic rings. The maximum Gasteiger partial charge on any atom is 0.0991 e. The van der Waals surface area contributed by atoms with Gasteiger partial charge >= 0.3 is 0 Å². The van der Waals surface area contributed by atoms with E-state index in [0.29, 0.717) is 27.8 Å². The average Bonchev–Trinajstić information content (AvgIpc) is 3.65. The summed E-state index contributed by atoms with van der Waals surface area (Å²) in [6.45, 7) is 0. The van der Waals surface area contributed by atoms with Crippen LogP contribution in [0.1, 0.15) is 27.8 Å². The molecule has 0 spiro atoms. The molecule has 8 rings (SSSR count). The van der Waals surface area contributed by atoms with Crippen LogP contribution in [0.15, 0.2) is 109 Å². The zero-order valence-corrected chi connectivity index (χ0v) is 25.0. The van der Waals surface area contributed by atoms with Crippen molar-refractivity contribution in [3.63, 3.8) is 0 Å². The predicted molar refractivity (Wildman–Crippen MR) is 182 cm³/mol. The Balaban J connectivity index is 1.48. The maximum absolute atomic E-state index is 10.0. The fraction of sp³-hybridized carbons (Fsp3) is 0. The molecule has 0 fully saturated rings. The molecule has 0 unspecified atom stereocenters. The first kappa shape index (κ1) is 27.8. The molecule has 8 heteroatoms. The van der Waals surface area contributed by atoms with Gasteiger partial charge in [-0.15, -0.1) is 0 Å². The minimum absolute atomic E-state index is 0.468. The van der Waals surface area contributed by atoms with Crippen LogP contribution in [-0.4, -0.2) is 14.1 Å². The van der Waals surface area contributed by atoms with Crippen molar-refractivity contribution < 1.29 is 0 Å². The van der Waals surface area contributed by atoms with E-state index in [9.17, 15) is 26.3 Å². The quantitative estimate of drug-likeness (QED) is 0.197. The van der Waals surface area contributed by atoms with Crippen molar-refractivity contribution in [1.82, 2.24) is 14.1 Å². The van der Waals surface area contributed by atoms with Gasteiger partial charge < -0.3 is 9.13 Å². The van der Waals surface area contributed by atoms with Crippen molar-refractivity contribution in [2.45, 2.75) is 0 Å². The van der Waals surface area contributed by atoms with E-state index < -0.39 is 0 Å². The van der Waals surface area contributed by atoms with Crippen LogP contribution in [0.5, 0.6) is 0 Å². The van der Waals surface area contributed by atoms with Gasteiger partial charge in [0.25, 0.3) is 0 Å². The van der Waals surface area contributed by atoms with Crippen LogP contribution in [0.4, 0.5) is 0 Å². The molecule has 0 saturated heterocycles. The highest BCUT2D eigenvalue weighted by molar-refractivity contribution is 6.12. The van der Waals surface area contributed by atoms with Gasteiger partial charge in [0.1, 0.15) is 0 Å². The van der Waals surface area contributed by atoms with Crippen molar-refractivity contribution in [2.24, 2.45) is 0 Å². The number of fused-ring (bicyclic) bond motifs is 6. The van der Waals surface area contributed by atoms with E-state index in [1.807, 2.05) is 66.7 Å². The maximum atomic E-state index is 10.0. The third kappa shape index (κ3) is 4.08. The summed E-state index contributed by atoms with van der Waals surface area (Å²) in [6, 6.07) is 40.6. The van der Waals surface area contributed by atoms with E-state index in [2.05, 4.69) is 44.5 Å². The lowest BCUT2D eigenvalue weighted by molar-refractivity contribution is 1.13. The van der Waals surface area contributed by atoms with Crippen molar-refractivity contribution in [1.29, 1.82) is 26.3 Å². The lowest BCUT2D eigenvalue weighted by Crippen LogP contribution is -2.02. The Morgan fingerprint density at radius 3 is 1.19 bits per heavy atom. The summed E-state index contributed by atoms with van der Waals surface area (Å²) in [5.74, 6) is 0. The van der Waals surface area contributed by atoms with E-state index >= 15 is 0 Å². The van der Waals surface area contributed by atoms with Crippen LogP contribution >= 0.6 is 0 Å². The van der Waals surface area contributed by atoms with E-state index in [1.165, 1.54) is 0 Å². The molecule has 0 aliphatic heterocycles. The third-order valence-electron chi connectivity index (χ3n) is 8.74. The highest BCUT2D eigenvalue weighted by Gasteiger charge is 2.22. The second kappa shape index (κ2) is 10.7. The Morgan fingerprint density at radius 2 is 0.771 bits per heavy atom. The number of benzene rings is 5. The normalized spacial score (nSPS) is 10.8. The van der Waals surface area contributed by atoms with Crippen molar-refractivity contribution in [2.75, 3.05) is 0 Å². The van der Waals surface area contributed by atoms with Gasteiger partial charge in [-0.25, -0.2) is 0 Å². The van der Waals surface area contributed by atoms with Crippen LogP contribution in [0.25, 0.3) is 66.1 Å². The molecule has 0 atom stereocenters. The van der Waals surface area contributed by atoms with Crippen LogP contribution < -0.4 is 0 Å². The second-order valence-corrected chi connectivity index (χ2v) is 11.3. The Morgan fingerprint density at radius 1 is 0.396 bits per heavy atom. The summed E-state index contributed by atoms with van der Waals surface area (Å²) in [5, 5.41) is 52.1. The topological polar surface area (TPSA) is 142 Å². The Kier molecular flexibility index (Phi) is 6.22. The van der Waals surface area contributed by atoms with Crippen molar-refractivity contribution >= 4 is 43.6 Å². The number of pyridine rings is 1. The van der Waals surface area contributed by atoms with Crippen LogP contribution in [0.3, 0.4) is 0 Å². The number of nitriles is 5. The Bertz CT molecular complexity index is 2760. The molecule has 0 radical (unpaired) electrons. The molecule has 5 aromatic carbocycles. The standard InChI is InChI=1S/C40H18N8/c41-18-24-1-6-35(47-36-7-2-25(19-42)14-31(36)32-15-26(20-43)3-8-37(32)47)30(13-24)29-11-12-46-23-40(29)48-38-9-4-27(21-44)16-33(38)34-17-28(22-45)5-10-39(34)48/h1-17,23H. The molecule has 0 N–H and O–H groups in total. The fourth-order valence-electron chi connectivity index (χ4n) is 6.65. The minimum Gasteiger partial charge on any atom is -0.309 e. The molecular weight excluding hydrogens is 592 g/mol.